The lowest BCUT2D eigenvalue weighted by molar-refractivity contribution is -0.113. The van der Waals surface area contributed by atoms with Gasteiger partial charge < -0.3 is 9.88 Å². The van der Waals surface area contributed by atoms with E-state index in [2.05, 4.69) is 63.9 Å². The van der Waals surface area contributed by atoms with Gasteiger partial charge in [-0.05, 0) is 48.6 Å². The highest BCUT2D eigenvalue weighted by Crippen LogP contribution is 2.54. The minimum Gasteiger partial charge on any atom is -0.316 e. The van der Waals surface area contributed by atoms with Crippen molar-refractivity contribution in [1.82, 2.24) is 14.8 Å². The number of nitrogens with zero attached hydrogens (tertiary/aromatic N) is 4. The molecule has 1 aromatic carbocycles. The molecule has 2 aliphatic rings. The van der Waals surface area contributed by atoms with E-state index in [0.29, 0.717) is 34.9 Å². The monoisotopic (exact) mass is 489 g/mol. The summed E-state index contributed by atoms with van der Waals surface area (Å²) in [5.74, 6) is 2.48. The van der Waals surface area contributed by atoms with Gasteiger partial charge in [0.2, 0.25) is 5.91 Å². The Bertz CT molecular complexity index is 1260. The zero-order valence-corrected chi connectivity index (χ0v) is 20.8. The molecule has 3 aromatic rings. The van der Waals surface area contributed by atoms with Crippen LogP contribution in [0.4, 0.5) is 5.00 Å². The van der Waals surface area contributed by atoms with Crippen LogP contribution >= 0.6 is 23.1 Å². The average Bonchev–Trinajstić information content (AvgIpc) is 3.42. The van der Waals surface area contributed by atoms with Gasteiger partial charge in [0.15, 0.2) is 5.16 Å². The maximum absolute atomic E-state index is 12.8. The summed E-state index contributed by atoms with van der Waals surface area (Å²) in [6.07, 6.45) is 5.89. The van der Waals surface area contributed by atoms with Gasteiger partial charge in [-0.3, -0.25) is 4.79 Å². The van der Waals surface area contributed by atoms with E-state index < -0.39 is 0 Å². The number of anilines is 1. The summed E-state index contributed by atoms with van der Waals surface area (Å²) in [6.45, 7) is 6.73. The maximum atomic E-state index is 12.8. The van der Waals surface area contributed by atoms with Crippen molar-refractivity contribution in [1.29, 1.82) is 5.26 Å². The molecule has 1 fully saturated rings. The van der Waals surface area contributed by atoms with Crippen LogP contribution in [0.5, 0.6) is 0 Å². The van der Waals surface area contributed by atoms with Gasteiger partial charge in [0.1, 0.15) is 16.9 Å². The SMILES string of the molecule is C=CCn1c(SCC(=O)Nc2sc3c(c2C#N)CCC(C)C3)nnc1C1CC1c1ccccc1. The Hall–Kier alpha value is -2.89. The largest absolute Gasteiger partial charge is 0.316 e. The molecule has 3 atom stereocenters. The van der Waals surface area contributed by atoms with E-state index in [1.807, 2.05) is 12.1 Å². The molecule has 5 rings (SSSR count). The number of carbonyl (C=O) groups excluding carboxylic acids is 1. The highest BCUT2D eigenvalue weighted by molar-refractivity contribution is 7.99. The smallest absolute Gasteiger partial charge is 0.235 e. The lowest BCUT2D eigenvalue weighted by Gasteiger charge is -2.17. The Labute approximate surface area is 208 Å². The van der Waals surface area contributed by atoms with E-state index in [0.717, 1.165) is 42.2 Å². The van der Waals surface area contributed by atoms with Gasteiger partial charge in [-0.1, -0.05) is 55.1 Å². The minimum atomic E-state index is -0.128. The lowest BCUT2D eigenvalue weighted by Crippen LogP contribution is -2.15. The number of rotatable bonds is 8. The molecule has 0 aliphatic heterocycles. The second-order valence-corrected chi connectivity index (χ2v) is 11.2. The van der Waals surface area contributed by atoms with Crippen LogP contribution in [0.1, 0.15) is 59.0 Å². The summed E-state index contributed by atoms with van der Waals surface area (Å²) in [6, 6.07) is 12.8. The van der Waals surface area contributed by atoms with Gasteiger partial charge in [0, 0.05) is 17.3 Å². The Balaban J connectivity index is 1.26. The molecular formula is C26H27N5OS2. The molecule has 8 heteroatoms. The number of allylic oxidation sites excluding steroid dienone is 1. The second-order valence-electron chi connectivity index (χ2n) is 9.10. The first kappa shape index (κ1) is 22.9. The third-order valence-corrected chi connectivity index (χ3v) is 8.75. The molecule has 1 saturated carbocycles. The number of thioether (sulfide) groups is 1. The Morgan fingerprint density at radius 3 is 2.94 bits per heavy atom. The van der Waals surface area contributed by atoms with Crippen LogP contribution in [0.25, 0.3) is 0 Å². The van der Waals surface area contributed by atoms with Crippen LogP contribution < -0.4 is 5.32 Å². The minimum absolute atomic E-state index is 0.128. The Morgan fingerprint density at radius 1 is 1.35 bits per heavy atom. The van der Waals surface area contributed by atoms with Crippen LogP contribution in [0, 0.1) is 17.2 Å². The zero-order chi connectivity index (χ0) is 23.7. The quantitative estimate of drug-likeness (QED) is 0.332. The topological polar surface area (TPSA) is 83.6 Å². The standard InChI is InChI=1S/C26H27N5OS2/c1-3-11-31-24(20-13-19(20)17-7-5-4-6-8-17)29-30-26(31)33-15-23(32)28-25-21(14-27)18-10-9-16(2)12-22(18)34-25/h3-8,16,19-20H,1,9-13,15H2,2H3,(H,28,32). The van der Waals surface area contributed by atoms with E-state index in [4.69, 9.17) is 0 Å². The molecule has 0 bridgehead atoms. The second kappa shape index (κ2) is 9.77. The molecule has 6 nitrogen and oxygen atoms in total. The van der Waals surface area contributed by atoms with E-state index in [9.17, 15) is 10.1 Å². The number of benzene rings is 1. The number of thiophene rings is 1. The molecule has 2 aliphatic carbocycles. The fourth-order valence-corrected chi connectivity index (χ4v) is 6.91. The predicted molar refractivity (Wildman–Crippen MR) is 136 cm³/mol. The molecule has 2 aromatic heterocycles. The first-order valence-corrected chi connectivity index (χ1v) is 13.5. The van der Waals surface area contributed by atoms with Crippen molar-refractivity contribution < 1.29 is 4.79 Å². The summed E-state index contributed by atoms with van der Waals surface area (Å²) < 4.78 is 2.07. The van der Waals surface area contributed by atoms with Crippen LogP contribution in [-0.4, -0.2) is 26.4 Å². The first-order valence-electron chi connectivity index (χ1n) is 11.6. The fraction of sp³-hybridized carbons (Fsp3) is 0.385. The van der Waals surface area contributed by atoms with E-state index in [1.165, 1.54) is 22.2 Å². The third kappa shape index (κ3) is 4.55. The van der Waals surface area contributed by atoms with Gasteiger partial charge in [-0.25, -0.2) is 0 Å². The molecule has 174 valence electrons. The van der Waals surface area contributed by atoms with Crippen molar-refractivity contribution >= 4 is 34.0 Å². The number of nitrogens with one attached hydrogen (secondary N) is 1. The van der Waals surface area contributed by atoms with Gasteiger partial charge in [-0.15, -0.1) is 28.1 Å². The lowest BCUT2D eigenvalue weighted by atomic mass is 9.89. The molecule has 0 radical (unpaired) electrons. The summed E-state index contributed by atoms with van der Waals surface area (Å²) >= 11 is 2.93. The van der Waals surface area contributed by atoms with Crippen LogP contribution in [0.15, 0.2) is 48.1 Å². The summed E-state index contributed by atoms with van der Waals surface area (Å²) in [5, 5.41) is 23.0. The molecule has 1 amide bonds. The summed E-state index contributed by atoms with van der Waals surface area (Å²) in [4.78, 5) is 14.0. The molecule has 34 heavy (non-hydrogen) atoms. The van der Waals surface area contributed by atoms with Crippen molar-refractivity contribution in [3.63, 3.8) is 0 Å². The van der Waals surface area contributed by atoms with Crippen molar-refractivity contribution in [3.8, 4) is 6.07 Å². The maximum Gasteiger partial charge on any atom is 0.235 e. The van der Waals surface area contributed by atoms with Gasteiger partial charge in [0.25, 0.3) is 0 Å². The fourth-order valence-electron chi connectivity index (χ4n) is 4.78. The third-order valence-electron chi connectivity index (χ3n) is 6.62. The number of fused-ring (bicyclic) bond motifs is 1. The number of hydrogen-bond donors (Lipinski definition) is 1. The predicted octanol–water partition coefficient (Wildman–Crippen LogP) is 5.52. The van der Waals surface area contributed by atoms with E-state index in [-0.39, 0.29) is 11.7 Å². The number of nitriles is 1. The normalized spacial score (nSPS) is 20.9. The number of hydrogen-bond acceptors (Lipinski definition) is 6. The number of carbonyl (C=O) groups is 1. The molecule has 1 N–H and O–H groups in total. The van der Waals surface area contributed by atoms with Crippen molar-refractivity contribution in [2.45, 2.75) is 56.1 Å². The van der Waals surface area contributed by atoms with E-state index >= 15 is 0 Å². The van der Waals surface area contributed by atoms with Crippen molar-refractivity contribution in [2.75, 3.05) is 11.1 Å². The highest BCUT2D eigenvalue weighted by Gasteiger charge is 2.43. The summed E-state index contributed by atoms with van der Waals surface area (Å²) in [7, 11) is 0. The van der Waals surface area contributed by atoms with Crippen LogP contribution in [0.3, 0.4) is 0 Å². The van der Waals surface area contributed by atoms with Gasteiger partial charge >= 0.3 is 0 Å². The Morgan fingerprint density at radius 2 is 2.18 bits per heavy atom. The molecular weight excluding hydrogens is 462 g/mol. The number of amides is 1. The highest BCUT2D eigenvalue weighted by atomic mass is 32.2. The number of aromatic nitrogens is 3. The Kier molecular flexibility index (Phi) is 6.57. The molecule has 0 saturated heterocycles. The van der Waals surface area contributed by atoms with Crippen LogP contribution in [0.2, 0.25) is 0 Å². The average molecular weight is 490 g/mol. The van der Waals surface area contributed by atoms with Gasteiger partial charge in [-0.2, -0.15) is 5.26 Å². The first-order chi connectivity index (χ1) is 16.6. The zero-order valence-electron chi connectivity index (χ0n) is 19.2. The van der Waals surface area contributed by atoms with Gasteiger partial charge in [0.05, 0.1) is 11.3 Å². The molecule has 2 heterocycles. The van der Waals surface area contributed by atoms with Crippen LogP contribution in [-0.2, 0) is 24.2 Å². The van der Waals surface area contributed by atoms with E-state index in [1.54, 1.807) is 11.3 Å². The molecule has 0 spiro atoms. The summed E-state index contributed by atoms with van der Waals surface area (Å²) in [5.41, 5.74) is 3.10. The van der Waals surface area contributed by atoms with Crippen molar-refractivity contribution in [3.05, 3.63) is 70.4 Å². The molecule has 3 unspecified atom stereocenters. The van der Waals surface area contributed by atoms with Crippen molar-refractivity contribution in [2.24, 2.45) is 5.92 Å².